The molecule has 1 heteroatoms. The van der Waals surface area contributed by atoms with E-state index in [1.54, 1.807) is 0 Å². The van der Waals surface area contributed by atoms with Crippen molar-refractivity contribution in [3.8, 4) is 0 Å². The largest absolute Gasteiger partial charge is 0.197 e. The number of unbranched alkanes of at least 4 members (excludes halogenated alkanes) is 3. The van der Waals surface area contributed by atoms with E-state index in [-0.39, 0.29) is 13.5 Å². The van der Waals surface area contributed by atoms with Crippen molar-refractivity contribution < 1.29 is 0 Å². The Kier molecular flexibility index (Phi) is 7.91. The smallest absolute Gasteiger partial charge is 0.0279 e. The lowest BCUT2D eigenvalue weighted by Crippen LogP contribution is -1.84. The van der Waals surface area contributed by atoms with E-state index in [0.717, 1.165) is 0 Å². The first-order valence-electron chi connectivity index (χ1n) is 4.97. The molecule has 0 saturated carbocycles. The SMILES string of the molecule is CCCCCCc1ccccc1.S. The normalized spacial score (nSPS) is 9.31. The molecule has 0 fully saturated rings. The van der Waals surface area contributed by atoms with E-state index >= 15 is 0 Å². The fourth-order valence-electron chi connectivity index (χ4n) is 1.40. The Labute approximate surface area is 88.8 Å². The molecule has 0 aliphatic carbocycles. The van der Waals surface area contributed by atoms with Crippen LogP contribution in [0.5, 0.6) is 0 Å². The van der Waals surface area contributed by atoms with Gasteiger partial charge in [0.2, 0.25) is 0 Å². The molecule has 0 aliphatic heterocycles. The number of hydrogen-bond donors (Lipinski definition) is 0. The molecule has 0 radical (unpaired) electrons. The molecule has 0 bridgehead atoms. The first-order chi connectivity index (χ1) is 5.93. The average molecular weight is 196 g/mol. The molecule has 0 atom stereocenters. The molecule has 0 aliphatic rings. The van der Waals surface area contributed by atoms with E-state index in [1.807, 2.05) is 0 Å². The molecule has 0 heterocycles. The third-order valence-electron chi connectivity index (χ3n) is 2.16. The van der Waals surface area contributed by atoms with Gasteiger partial charge in [0.05, 0.1) is 0 Å². The second-order valence-electron chi connectivity index (χ2n) is 3.30. The van der Waals surface area contributed by atoms with E-state index in [2.05, 4.69) is 37.3 Å². The summed E-state index contributed by atoms with van der Waals surface area (Å²) in [6.45, 7) is 2.25. The summed E-state index contributed by atoms with van der Waals surface area (Å²) in [5.41, 5.74) is 1.48. The highest BCUT2D eigenvalue weighted by Gasteiger charge is 1.90. The van der Waals surface area contributed by atoms with E-state index in [4.69, 9.17) is 0 Å². The summed E-state index contributed by atoms with van der Waals surface area (Å²) in [5.74, 6) is 0. The molecule has 13 heavy (non-hydrogen) atoms. The van der Waals surface area contributed by atoms with Crippen molar-refractivity contribution in [3.05, 3.63) is 35.9 Å². The topological polar surface area (TPSA) is 0 Å². The van der Waals surface area contributed by atoms with Gasteiger partial charge >= 0.3 is 0 Å². The predicted molar refractivity (Wildman–Crippen MR) is 64.7 cm³/mol. The van der Waals surface area contributed by atoms with Gasteiger partial charge in [0.1, 0.15) is 0 Å². The Hall–Kier alpha value is -0.430. The van der Waals surface area contributed by atoms with Gasteiger partial charge in [-0.25, -0.2) is 0 Å². The maximum Gasteiger partial charge on any atom is -0.0279 e. The summed E-state index contributed by atoms with van der Waals surface area (Å²) in [4.78, 5) is 0. The van der Waals surface area contributed by atoms with Crippen LogP contribution in [0.15, 0.2) is 30.3 Å². The van der Waals surface area contributed by atoms with Crippen LogP contribution in [0.2, 0.25) is 0 Å². The van der Waals surface area contributed by atoms with Gasteiger partial charge in [-0.3, -0.25) is 0 Å². The van der Waals surface area contributed by atoms with Crippen LogP contribution in [0.25, 0.3) is 0 Å². The number of aryl methyl sites for hydroxylation is 1. The standard InChI is InChI=1S/C12H18.H2S/c1-2-3-4-6-9-12-10-7-5-8-11-12;/h5,7-8,10-11H,2-4,6,9H2,1H3;1H2. The minimum absolute atomic E-state index is 0. The van der Waals surface area contributed by atoms with Crippen LogP contribution in [0.3, 0.4) is 0 Å². The van der Waals surface area contributed by atoms with Crippen LogP contribution in [-0.2, 0) is 6.42 Å². The Morgan fingerprint density at radius 1 is 0.923 bits per heavy atom. The minimum atomic E-state index is 0. The molecule has 0 spiro atoms. The van der Waals surface area contributed by atoms with Crippen molar-refractivity contribution in [2.75, 3.05) is 0 Å². The molecular weight excluding hydrogens is 176 g/mol. The molecule has 0 N–H and O–H groups in total. The lowest BCUT2D eigenvalue weighted by Gasteiger charge is -1.99. The van der Waals surface area contributed by atoms with E-state index in [9.17, 15) is 0 Å². The van der Waals surface area contributed by atoms with Crippen LogP contribution in [0.1, 0.15) is 38.2 Å². The number of benzene rings is 1. The van der Waals surface area contributed by atoms with Gasteiger partial charge < -0.3 is 0 Å². The summed E-state index contributed by atoms with van der Waals surface area (Å²) in [5, 5.41) is 0. The Balaban J connectivity index is 0.00000144. The molecular formula is C12H20S. The summed E-state index contributed by atoms with van der Waals surface area (Å²) in [7, 11) is 0. The van der Waals surface area contributed by atoms with Crippen molar-refractivity contribution in [1.82, 2.24) is 0 Å². The Bertz CT molecular complexity index is 194. The summed E-state index contributed by atoms with van der Waals surface area (Å²) >= 11 is 0. The van der Waals surface area contributed by atoms with Crippen LogP contribution in [0.4, 0.5) is 0 Å². The highest BCUT2D eigenvalue weighted by molar-refractivity contribution is 7.59. The van der Waals surface area contributed by atoms with Gasteiger partial charge in [0, 0.05) is 0 Å². The minimum Gasteiger partial charge on any atom is -0.197 e. The van der Waals surface area contributed by atoms with E-state index < -0.39 is 0 Å². The number of rotatable bonds is 5. The molecule has 0 unspecified atom stereocenters. The van der Waals surface area contributed by atoms with Gasteiger partial charge in [-0.15, -0.1) is 0 Å². The molecule has 1 aromatic rings. The Morgan fingerprint density at radius 3 is 2.23 bits per heavy atom. The van der Waals surface area contributed by atoms with E-state index in [1.165, 1.54) is 37.7 Å². The van der Waals surface area contributed by atoms with Crippen molar-refractivity contribution in [2.45, 2.75) is 39.0 Å². The summed E-state index contributed by atoms with van der Waals surface area (Å²) < 4.78 is 0. The van der Waals surface area contributed by atoms with Crippen LogP contribution in [-0.4, -0.2) is 0 Å². The lowest BCUT2D eigenvalue weighted by molar-refractivity contribution is 0.667. The van der Waals surface area contributed by atoms with Crippen molar-refractivity contribution in [2.24, 2.45) is 0 Å². The van der Waals surface area contributed by atoms with Crippen LogP contribution in [0, 0.1) is 0 Å². The highest BCUT2D eigenvalue weighted by atomic mass is 32.1. The zero-order chi connectivity index (χ0) is 8.65. The van der Waals surface area contributed by atoms with Crippen molar-refractivity contribution in [3.63, 3.8) is 0 Å². The molecule has 0 nitrogen and oxygen atoms in total. The molecule has 0 saturated heterocycles. The van der Waals surface area contributed by atoms with Gasteiger partial charge in [-0.1, -0.05) is 56.5 Å². The van der Waals surface area contributed by atoms with Crippen LogP contribution >= 0.6 is 13.5 Å². The fourth-order valence-corrected chi connectivity index (χ4v) is 1.40. The van der Waals surface area contributed by atoms with E-state index in [0.29, 0.717) is 0 Å². The van der Waals surface area contributed by atoms with Gasteiger partial charge in [0.25, 0.3) is 0 Å². The second kappa shape index (κ2) is 8.18. The zero-order valence-corrected chi connectivity index (χ0v) is 9.42. The van der Waals surface area contributed by atoms with Crippen molar-refractivity contribution >= 4 is 13.5 Å². The third-order valence-corrected chi connectivity index (χ3v) is 2.16. The summed E-state index contributed by atoms with van der Waals surface area (Å²) in [6.07, 6.45) is 6.69. The zero-order valence-electron chi connectivity index (χ0n) is 8.42. The van der Waals surface area contributed by atoms with Gasteiger partial charge in [-0.2, -0.15) is 13.5 Å². The van der Waals surface area contributed by atoms with Gasteiger partial charge in [0.15, 0.2) is 0 Å². The fraction of sp³-hybridized carbons (Fsp3) is 0.500. The van der Waals surface area contributed by atoms with Gasteiger partial charge in [-0.05, 0) is 18.4 Å². The maximum atomic E-state index is 2.25. The maximum absolute atomic E-state index is 2.25. The Morgan fingerprint density at radius 2 is 1.62 bits per heavy atom. The molecule has 74 valence electrons. The number of hydrogen-bond acceptors (Lipinski definition) is 0. The molecule has 1 rings (SSSR count). The second-order valence-corrected chi connectivity index (χ2v) is 3.30. The monoisotopic (exact) mass is 196 g/mol. The third kappa shape index (κ3) is 5.75. The summed E-state index contributed by atoms with van der Waals surface area (Å²) in [6, 6.07) is 10.7. The first-order valence-corrected chi connectivity index (χ1v) is 4.97. The first kappa shape index (κ1) is 12.6. The van der Waals surface area contributed by atoms with Crippen LogP contribution < -0.4 is 0 Å². The average Bonchev–Trinajstić information content (AvgIpc) is 2.14. The molecule has 0 aromatic heterocycles. The quantitative estimate of drug-likeness (QED) is 0.626. The van der Waals surface area contributed by atoms with Crippen molar-refractivity contribution in [1.29, 1.82) is 0 Å². The lowest BCUT2D eigenvalue weighted by atomic mass is 10.1. The molecule has 0 amide bonds. The molecule has 1 aromatic carbocycles. The highest BCUT2D eigenvalue weighted by Crippen LogP contribution is 2.06. The predicted octanol–water partition coefficient (Wildman–Crippen LogP) is 3.92.